The molecule has 1 rings (SSSR count). The van der Waals surface area contributed by atoms with Gasteiger partial charge in [-0.05, 0) is 26.0 Å². The Labute approximate surface area is 89.4 Å². The monoisotopic (exact) mass is 208 g/mol. The Morgan fingerprint density at radius 3 is 2.60 bits per heavy atom. The molecule has 0 fully saturated rings. The van der Waals surface area contributed by atoms with Gasteiger partial charge < -0.3 is 15.8 Å². The summed E-state index contributed by atoms with van der Waals surface area (Å²) < 4.78 is 5.09. The maximum atomic E-state index is 11.3. The summed E-state index contributed by atoms with van der Waals surface area (Å²) in [6.45, 7) is 3.98. The van der Waals surface area contributed by atoms with Crippen molar-refractivity contribution >= 4 is 11.6 Å². The molecule has 1 aromatic rings. The van der Waals surface area contributed by atoms with Gasteiger partial charge in [0.05, 0.1) is 12.8 Å². The lowest BCUT2D eigenvalue weighted by molar-refractivity contribution is 0.0998. The second-order valence-corrected chi connectivity index (χ2v) is 3.55. The van der Waals surface area contributed by atoms with Crippen LogP contribution in [0.1, 0.15) is 24.2 Å². The van der Waals surface area contributed by atoms with Gasteiger partial charge in [-0.1, -0.05) is 6.07 Å². The molecular weight excluding hydrogens is 192 g/mol. The summed E-state index contributed by atoms with van der Waals surface area (Å²) in [5, 5.41) is 3.15. The van der Waals surface area contributed by atoms with E-state index in [-0.39, 0.29) is 6.04 Å². The summed E-state index contributed by atoms with van der Waals surface area (Å²) in [5.74, 6) is 0.00347. The molecule has 0 atom stereocenters. The largest absolute Gasteiger partial charge is 0.496 e. The topological polar surface area (TPSA) is 64.3 Å². The van der Waals surface area contributed by atoms with Crippen molar-refractivity contribution in [1.29, 1.82) is 0 Å². The zero-order chi connectivity index (χ0) is 11.4. The van der Waals surface area contributed by atoms with Gasteiger partial charge in [-0.3, -0.25) is 4.79 Å². The summed E-state index contributed by atoms with van der Waals surface area (Å²) in [6, 6.07) is 5.57. The smallest absolute Gasteiger partial charge is 0.254 e. The molecule has 0 heterocycles. The number of ether oxygens (including phenoxy) is 1. The third-order valence-electron chi connectivity index (χ3n) is 1.94. The fourth-order valence-electron chi connectivity index (χ4n) is 1.39. The van der Waals surface area contributed by atoms with Crippen LogP contribution in [0.2, 0.25) is 0 Å². The quantitative estimate of drug-likeness (QED) is 0.790. The zero-order valence-electron chi connectivity index (χ0n) is 9.20. The third-order valence-corrected chi connectivity index (χ3v) is 1.94. The highest BCUT2D eigenvalue weighted by atomic mass is 16.5. The van der Waals surface area contributed by atoms with E-state index >= 15 is 0 Å². The minimum absolute atomic E-state index is 0.232. The highest BCUT2D eigenvalue weighted by Crippen LogP contribution is 2.26. The molecule has 0 aliphatic heterocycles. The van der Waals surface area contributed by atoms with E-state index < -0.39 is 5.91 Å². The van der Waals surface area contributed by atoms with Crippen LogP contribution in [0.25, 0.3) is 0 Å². The second kappa shape index (κ2) is 4.68. The molecule has 0 saturated heterocycles. The summed E-state index contributed by atoms with van der Waals surface area (Å²) >= 11 is 0. The Morgan fingerprint density at radius 2 is 2.13 bits per heavy atom. The fraction of sp³-hybridized carbons (Fsp3) is 0.364. The lowest BCUT2D eigenvalue weighted by atomic mass is 10.1. The molecule has 0 spiro atoms. The van der Waals surface area contributed by atoms with Gasteiger partial charge in [-0.2, -0.15) is 0 Å². The van der Waals surface area contributed by atoms with Gasteiger partial charge in [0.2, 0.25) is 0 Å². The van der Waals surface area contributed by atoms with Crippen LogP contribution >= 0.6 is 0 Å². The molecule has 1 aromatic carbocycles. The normalized spacial score (nSPS) is 10.1. The summed E-state index contributed by atoms with van der Waals surface area (Å²) in [7, 11) is 1.51. The van der Waals surface area contributed by atoms with Crippen LogP contribution in [0.3, 0.4) is 0 Å². The number of hydrogen-bond acceptors (Lipinski definition) is 3. The first-order chi connectivity index (χ1) is 7.06. The molecule has 0 aromatic heterocycles. The summed E-state index contributed by atoms with van der Waals surface area (Å²) in [5.41, 5.74) is 6.41. The highest BCUT2D eigenvalue weighted by Gasteiger charge is 2.14. The van der Waals surface area contributed by atoms with E-state index in [1.165, 1.54) is 7.11 Å². The Bertz CT molecular complexity index is 362. The van der Waals surface area contributed by atoms with Gasteiger partial charge in [0.1, 0.15) is 11.3 Å². The molecule has 0 unspecified atom stereocenters. The van der Waals surface area contributed by atoms with Crippen molar-refractivity contribution < 1.29 is 9.53 Å². The van der Waals surface area contributed by atoms with Crippen molar-refractivity contribution in [3.8, 4) is 5.75 Å². The third kappa shape index (κ3) is 2.62. The molecule has 4 nitrogen and oxygen atoms in total. The molecule has 82 valence electrons. The average Bonchev–Trinajstić information content (AvgIpc) is 2.15. The van der Waals surface area contributed by atoms with Gasteiger partial charge >= 0.3 is 0 Å². The number of hydrogen-bond donors (Lipinski definition) is 2. The number of carbonyl (C=O) groups excluding carboxylic acids is 1. The first kappa shape index (κ1) is 11.4. The van der Waals surface area contributed by atoms with E-state index in [9.17, 15) is 4.79 Å². The SMILES string of the molecule is COc1cccc(NC(C)C)c1C(N)=O. The molecule has 0 radical (unpaired) electrons. The Morgan fingerprint density at radius 1 is 1.47 bits per heavy atom. The fourth-order valence-corrected chi connectivity index (χ4v) is 1.39. The predicted molar refractivity (Wildman–Crippen MR) is 60.3 cm³/mol. The standard InChI is InChI=1S/C11H16N2O2/c1-7(2)13-8-5-4-6-9(15-3)10(8)11(12)14/h4-7,13H,1-3H3,(H2,12,14). The van der Waals surface area contributed by atoms with E-state index in [4.69, 9.17) is 10.5 Å². The van der Waals surface area contributed by atoms with Gasteiger partial charge in [0, 0.05) is 6.04 Å². The molecule has 1 amide bonds. The number of carbonyl (C=O) groups is 1. The lowest BCUT2D eigenvalue weighted by Gasteiger charge is -2.15. The molecule has 0 saturated carbocycles. The van der Waals surface area contributed by atoms with Crippen LogP contribution in [0.15, 0.2) is 18.2 Å². The number of rotatable bonds is 4. The van der Waals surface area contributed by atoms with Crippen LogP contribution in [0, 0.1) is 0 Å². The van der Waals surface area contributed by atoms with Crippen molar-refractivity contribution in [3.05, 3.63) is 23.8 Å². The van der Waals surface area contributed by atoms with Crippen LogP contribution in [-0.2, 0) is 0 Å². The van der Waals surface area contributed by atoms with Crippen LogP contribution in [0.5, 0.6) is 5.75 Å². The highest BCUT2D eigenvalue weighted by molar-refractivity contribution is 6.01. The van der Waals surface area contributed by atoms with E-state index in [0.717, 1.165) is 0 Å². The lowest BCUT2D eigenvalue weighted by Crippen LogP contribution is -2.18. The zero-order valence-corrected chi connectivity index (χ0v) is 9.20. The van der Waals surface area contributed by atoms with E-state index in [2.05, 4.69) is 5.32 Å². The van der Waals surface area contributed by atoms with Gasteiger partial charge in [0.25, 0.3) is 5.91 Å². The maximum absolute atomic E-state index is 11.3. The number of primary amides is 1. The van der Waals surface area contributed by atoms with Crippen molar-refractivity contribution in [1.82, 2.24) is 0 Å². The minimum atomic E-state index is -0.490. The Balaban J connectivity index is 3.19. The first-order valence-electron chi connectivity index (χ1n) is 4.79. The van der Waals surface area contributed by atoms with Gasteiger partial charge in [0.15, 0.2) is 0 Å². The number of nitrogens with two attached hydrogens (primary N) is 1. The van der Waals surface area contributed by atoms with Crippen molar-refractivity contribution in [2.75, 3.05) is 12.4 Å². The molecule has 4 heteroatoms. The number of nitrogens with one attached hydrogen (secondary N) is 1. The Hall–Kier alpha value is -1.71. The summed E-state index contributed by atoms with van der Waals surface area (Å²) in [4.78, 5) is 11.3. The van der Waals surface area contributed by atoms with E-state index in [0.29, 0.717) is 17.0 Å². The molecule has 15 heavy (non-hydrogen) atoms. The molecule has 0 aliphatic rings. The van der Waals surface area contributed by atoms with Crippen LogP contribution in [0.4, 0.5) is 5.69 Å². The maximum Gasteiger partial charge on any atom is 0.254 e. The van der Waals surface area contributed by atoms with Crippen molar-refractivity contribution in [2.24, 2.45) is 5.73 Å². The van der Waals surface area contributed by atoms with Crippen molar-refractivity contribution in [2.45, 2.75) is 19.9 Å². The van der Waals surface area contributed by atoms with E-state index in [1.807, 2.05) is 26.0 Å². The molecule has 0 bridgehead atoms. The average molecular weight is 208 g/mol. The molecular formula is C11H16N2O2. The summed E-state index contributed by atoms with van der Waals surface area (Å²) in [6.07, 6.45) is 0. The predicted octanol–water partition coefficient (Wildman–Crippen LogP) is 1.61. The van der Waals surface area contributed by atoms with Crippen molar-refractivity contribution in [3.63, 3.8) is 0 Å². The van der Waals surface area contributed by atoms with Crippen LogP contribution in [-0.4, -0.2) is 19.1 Å². The number of methoxy groups -OCH3 is 1. The van der Waals surface area contributed by atoms with Crippen LogP contribution < -0.4 is 15.8 Å². The number of benzene rings is 1. The number of amides is 1. The molecule has 0 aliphatic carbocycles. The Kier molecular flexibility index (Phi) is 3.55. The second-order valence-electron chi connectivity index (χ2n) is 3.55. The van der Waals surface area contributed by atoms with Gasteiger partial charge in [-0.15, -0.1) is 0 Å². The molecule has 3 N–H and O–H groups in total. The number of anilines is 1. The van der Waals surface area contributed by atoms with E-state index in [1.54, 1.807) is 6.07 Å². The first-order valence-corrected chi connectivity index (χ1v) is 4.79. The minimum Gasteiger partial charge on any atom is -0.496 e. The van der Waals surface area contributed by atoms with Gasteiger partial charge in [-0.25, -0.2) is 0 Å².